The summed E-state index contributed by atoms with van der Waals surface area (Å²) in [5, 5.41) is 3.73. The van der Waals surface area contributed by atoms with E-state index in [1.54, 1.807) is 24.3 Å². The first-order valence-corrected chi connectivity index (χ1v) is 18.9. The number of hydrogen-bond acceptors (Lipinski definition) is 4. The fourth-order valence-electron chi connectivity index (χ4n) is 10.6. The van der Waals surface area contributed by atoms with E-state index in [4.69, 9.17) is 4.74 Å². The van der Waals surface area contributed by atoms with Crippen molar-refractivity contribution in [2.24, 2.45) is 46.3 Å². The third-order valence-electron chi connectivity index (χ3n) is 12.9. The van der Waals surface area contributed by atoms with Crippen molar-refractivity contribution in [1.82, 2.24) is 0 Å². The lowest BCUT2D eigenvalue weighted by Crippen LogP contribution is -2.51. The molecule has 6 rings (SSSR count). The predicted octanol–water partition coefficient (Wildman–Crippen LogP) is 10.0. The number of ether oxygens (including phenoxy) is 1. The zero-order chi connectivity index (χ0) is 32.1. The molecule has 2 aromatic carbocycles. The number of fused-ring (bicyclic) bond motifs is 6. The number of allylic oxidation sites excluding steroid dienone is 1. The molecule has 2 N–H and O–H groups in total. The lowest BCUT2D eigenvalue weighted by Gasteiger charge is -2.58. The molecular weight excluding hydrogens is 582 g/mol. The number of nitrogens with one attached hydrogen (secondary N) is 1. The maximum atomic E-state index is 13.1. The standard InChI is InChI=1S/C38H53NO5S/c1-24(2)9-8-10-25(3)31-15-16-32-30-14-13-26-23-27(19-21-37(26,4)33(30)20-22-38(31,32)5)44-36(40)39-34-17-18-35(45(41,42)43)29-12-7-6-11-28(29)34/h6-7,11-13,17-18,24-25,27,30-33H,8-10,14-16,19-23H2,1-5H3,(H,39,40)(H,41,42,43)/t25-,27?,30+,31-,32+,33+,37+,38-/m1/s1. The number of carbonyl (C=O) groups excluding carboxylic acids is 1. The monoisotopic (exact) mass is 635 g/mol. The summed E-state index contributed by atoms with van der Waals surface area (Å²) in [6, 6.07) is 9.64. The van der Waals surface area contributed by atoms with Crippen molar-refractivity contribution in [3.63, 3.8) is 0 Å². The summed E-state index contributed by atoms with van der Waals surface area (Å²) in [5.74, 6) is 4.78. The molecule has 0 spiro atoms. The Balaban J connectivity index is 1.11. The number of anilines is 1. The minimum absolute atomic E-state index is 0.180. The summed E-state index contributed by atoms with van der Waals surface area (Å²) in [5.41, 5.74) is 2.60. The third kappa shape index (κ3) is 6.08. The first kappa shape index (κ1) is 32.6. The second kappa shape index (κ2) is 12.3. The molecule has 0 saturated heterocycles. The number of rotatable bonds is 8. The highest BCUT2D eigenvalue weighted by Gasteiger charge is 2.59. The van der Waals surface area contributed by atoms with Crippen molar-refractivity contribution < 1.29 is 22.5 Å². The summed E-state index contributed by atoms with van der Waals surface area (Å²) < 4.78 is 39.4. The minimum atomic E-state index is -4.39. The Bertz CT molecular complexity index is 1570. The molecule has 0 aromatic heterocycles. The van der Waals surface area contributed by atoms with Gasteiger partial charge < -0.3 is 4.74 Å². The average molecular weight is 636 g/mol. The SMILES string of the molecule is CC(C)CCC[C@@H](C)[C@H]1CC[C@H]2[C@@H]3CC=C4CC(OC(=O)Nc5ccc(S(=O)(=O)O)c6ccccc56)CC[C@]4(C)[C@H]3CC[C@]12C. The summed E-state index contributed by atoms with van der Waals surface area (Å²) in [6.07, 6.45) is 15.2. The van der Waals surface area contributed by atoms with Gasteiger partial charge in [-0.25, -0.2) is 4.79 Å². The number of benzene rings is 2. The molecular formula is C38H53NO5S. The molecule has 0 radical (unpaired) electrons. The van der Waals surface area contributed by atoms with E-state index in [2.05, 4.69) is 46.0 Å². The van der Waals surface area contributed by atoms with Crippen LogP contribution in [0.25, 0.3) is 10.8 Å². The quantitative estimate of drug-likeness (QED) is 0.222. The molecule has 45 heavy (non-hydrogen) atoms. The van der Waals surface area contributed by atoms with Gasteiger partial charge in [-0.1, -0.05) is 89.8 Å². The van der Waals surface area contributed by atoms with E-state index in [1.165, 1.54) is 62.7 Å². The summed E-state index contributed by atoms with van der Waals surface area (Å²) in [7, 11) is -4.39. The lowest BCUT2D eigenvalue weighted by molar-refractivity contribution is -0.0577. The van der Waals surface area contributed by atoms with Crippen LogP contribution >= 0.6 is 0 Å². The van der Waals surface area contributed by atoms with E-state index < -0.39 is 16.2 Å². The fraction of sp³-hybridized carbons (Fsp3) is 0.658. The van der Waals surface area contributed by atoms with Crippen LogP contribution < -0.4 is 5.32 Å². The molecule has 0 bridgehead atoms. The van der Waals surface area contributed by atoms with E-state index in [0.29, 0.717) is 27.8 Å². The van der Waals surface area contributed by atoms with Crippen LogP contribution in [0, 0.1) is 46.3 Å². The maximum Gasteiger partial charge on any atom is 0.411 e. The summed E-state index contributed by atoms with van der Waals surface area (Å²) in [4.78, 5) is 12.9. The lowest BCUT2D eigenvalue weighted by atomic mass is 9.47. The highest BCUT2D eigenvalue weighted by atomic mass is 32.2. The van der Waals surface area contributed by atoms with Gasteiger partial charge in [-0.2, -0.15) is 8.42 Å². The molecule has 3 fully saturated rings. The summed E-state index contributed by atoms with van der Waals surface area (Å²) in [6.45, 7) is 12.4. The van der Waals surface area contributed by atoms with Crippen molar-refractivity contribution >= 4 is 32.7 Å². The smallest absolute Gasteiger partial charge is 0.411 e. The van der Waals surface area contributed by atoms with Crippen molar-refractivity contribution in [3.05, 3.63) is 48.0 Å². The molecule has 0 heterocycles. The van der Waals surface area contributed by atoms with Crippen molar-refractivity contribution in [1.29, 1.82) is 0 Å². The zero-order valence-electron chi connectivity index (χ0n) is 27.8. The van der Waals surface area contributed by atoms with Gasteiger partial charge >= 0.3 is 6.09 Å². The van der Waals surface area contributed by atoms with Gasteiger partial charge in [0.05, 0.1) is 5.69 Å². The van der Waals surface area contributed by atoms with E-state index in [0.717, 1.165) is 55.3 Å². The van der Waals surface area contributed by atoms with Gasteiger partial charge in [-0.15, -0.1) is 0 Å². The Morgan fingerprint density at radius 1 is 0.978 bits per heavy atom. The van der Waals surface area contributed by atoms with Crippen LogP contribution in [0.1, 0.15) is 105 Å². The van der Waals surface area contributed by atoms with Crippen molar-refractivity contribution in [2.45, 2.75) is 116 Å². The van der Waals surface area contributed by atoms with Gasteiger partial charge in [0, 0.05) is 17.2 Å². The van der Waals surface area contributed by atoms with Crippen LogP contribution in [0.3, 0.4) is 0 Å². The van der Waals surface area contributed by atoms with Crippen LogP contribution in [0.15, 0.2) is 52.9 Å². The number of amides is 1. The average Bonchev–Trinajstić information content (AvgIpc) is 3.34. The number of carbonyl (C=O) groups is 1. The highest BCUT2D eigenvalue weighted by Crippen LogP contribution is 2.67. The van der Waals surface area contributed by atoms with Crippen LogP contribution in [0.2, 0.25) is 0 Å². The van der Waals surface area contributed by atoms with Gasteiger partial charge in [-0.05, 0) is 103 Å². The minimum Gasteiger partial charge on any atom is -0.446 e. The Morgan fingerprint density at radius 3 is 2.47 bits per heavy atom. The van der Waals surface area contributed by atoms with E-state index >= 15 is 0 Å². The van der Waals surface area contributed by atoms with Crippen molar-refractivity contribution in [2.75, 3.05) is 5.32 Å². The molecule has 4 aliphatic carbocycles. The Morgan fingerprint density at radius 2 is 1.73 bits per heavy atom. The molecule has 8 atom stereocenters. The molecule has 3 saturated carbocycles. The molecule has 1 unspecified atom stereocenters. The van der Waals surface area contributed by atoms with Gasteiger partial charge in [0.25, 0.3) is 10.1 Å². The van der Waals surface area contributed by atoms with E-state index in [9.17, 15) is 17.8 Å². The highest BCUT2D eigenvalue weighted by molar-refractivity contribution is 7.86. The van der Waals surface area contributed by atoms with Crippen LogP contribution in [-0.2, 0) is 14.9 Å². The van der Waals surface area contributed by atoms with Gasteiger partial charge in [0.15, 0.2) is 0 Å². The molecule has 246 valence electrons. The normalized spacial score (nSPS) is 33.6. The topological polar surface area (TPSA) is 92.7 Å². The fourth-order valence-corrected chi connectivity index (χ4v) is 11.3. The second-order valence-electron chi connectivity index (χ2n) is 15.8. The van der Waals surface area contributed by atoms with E-state index in [1.807, 2.05) is 0 Å². The van der Waals surface area contributed by atoms with Crippen LogP contribution in [-0.4, -0.2) is 25.2 Å². The number of hydrogen-bond donors (Lipinski definition) is 2. The molecule has 2 aromatic rings. The van der Waals surface area contributed by atoms with Crippen LogP contribution in [0.5, 0.6) is 0 Å². The molecule has 7 heteroatoms. The largest absolute Gasteiger partial charge is 0.446 e. The van der Waals surface area contributed by atoms with Crippen LogP contribution in [0.4, 0.5) is 10.5 Å². The molecule has 6 nitrogen and oxygen atoms in total. The zero-order valence-corrected chi connectivity index (χ0v) is 28.7. The first-order chi connectivity index (χ1) is 21.3. The van der Waals surface area contributed by atoms with E-state index in [-0.39, 0.29) is 16.4 Å². The van der Waals surface area contributed by atoms with Gasteiger partial charge in [0.2, 0.25) is 0 Å². The Hall–Kier alpha value is -2.38. The second-order valence-corrected chi connectivity index (χ2v) is 17.2. The Kier molecular flexibility index (Phi) is 8.92. The predicted molar refractivity (Wildman–Crippen MR) is 181 cm³/mol. The maximum absolute atomic E-state index is 13.1. The molecule has 1 amide bonds. The Labute approximate surface area is 270 Å². The third-order valence-corrected chi connectivity index (χ3v) is 13.8. The first-order valence-electron chi connectivity index (χ1n) is 17.5. The molecule has 0 aliphatic heterocycles. The summed E-state index contributed by atoms with van der Waals surface area (Å²) >= 11 is 0. The molecule has 4 aliphatic rings. The van der Waals surface area contributed by atoms with Gasteiger partial charge in [-0.3, -0.25) is 9.87 Å². The van der Waals surface area contributed by atoms with Gasteiger partial charge in [0.1, 0.15) is 11.0 Å². The van der Waals surface area contributed by atoms with Crippen molar-refractivity contribution in [3.8, 4) is 0 Å².